The minimum Gasteiger partial charge on any atom is -0.385 e. The number of hydrogen-bond acceptors (Lipinski definition) is 2. The van der Waals surface area contributed by atoms with Crippen LogP contribution in [0.2, 0.25) is 0 Å². The average molecular weight is 205 g/mol. The zero-order valence-corrected chi connectivity index (χ0v) is 9.55. The maximum atomic E-state index is 11.5. The summed E-state index contributed by atoms with van der Waals surface area (Å²) in [7, 11) is 0. The topological polar surface area (TPSA) is 29.1 Å². The quantitative estimate of drug-likeness (QED) is 0.569. The standard InChI is InChI=1S/C13H19NO/c1-3-5-9-14-12-8-6-7-11(10-12)13(15)4-2/h6-8,10,14H,3-5,9H2,1-2H3. The van der Waals surface area contributed by atoms with E-state index in [0.717, 1.165) is 24.2 Å². The first-order chi connectivity index (χ1) is 7.27. The molecule has 0 atom stereocenters. The molecular weight excluding hydrogens is 186 g/mol. The van der Waals surface area contributed by atoms with E-state index in [0.29, 0.717) is 6.42 Å². The largest absolute Gasteiger partial charge is 0.385 e. The summed E-state index contributed by atoms with van der Waals surface area (Å²) in [5, 5.41) is 3.31. The van der Waals surface area contributed by atoms with Crippen molar-refractivity contribution < 1.29 is 4.79 Å². The fraction of sp³-hybridized carbons (Fsp3) is 0.462. The van der Waals surface area contributed by atoms with Gasteiger partial charge in [0.15, 0.2) is 5.78 Å². The number of carbonyl (C=O) groups excluding carboxylic acids is 1. The van der Waals surface area contributed by atoms with Crippen molar-refractivity contribution in [1.29, 1.82) is 0 Å². The number of carbonyl (C=O) groups is 1. The molecule has 2 heteroatoms. The molecule has 1 rings (SSSR count). The summed E-state index contributed by atoms with van der Waals surface area (Å²) in [6, 6.07) is 7.73. The van der Waals surface area contributed by atoms with Gasteiger partial charge in [-0.2, -0.15) is 0 Å². The van der Waals surface area contributed by atoms with Crippen molar-refractivity contribution in [2.45, 2.75) is 33.1 Å². The van der Waals surface area contributed by atoms with E-state index in [1.165, 1.54) is 6.42 Å². The van der Waals surface area contributed by atoms with Gasteiger partial charge in [0.1, 0.15) is 0 Å². The lowest BCUT2D eigenvalue weighted by atomic mass is 10.1. The molecule has 0 fully saturated rings. The van der Waals surface area contributed by atoms with Crippen LogP contribution < -0.4 is 5.32 Å². The normalized spacial score (nSPS) is 10.0. The molecular formula is C13H19NO. The number of rotatable bonds is 6. The highest BCUT2D eigenvalue weighted by Crippen LogP contribution is 2.12. The average Bonchev–Trinajstić information content (AvgIpc) is 2.29. The molecule has 0 radical (unpaired) electrons. The maximum absolute atomic E-state index is 11.5. The van der Waals surface area contributed by atoms with Crippen LogP contribution in [0.25, 0.3) is 0 Å². The van der Waals surface area contributed by atoms with Crippen LogP contribution in [-0.2, 0) is 0 Å². The molecule has 1 aromatic rings. The lowest BCUT2D eigenvalue weighted by Gasteiger charge is -2.06. The highest BCUT2D eigenvalue weighted by molar-refractivity contribution is 5.96. The number of benzene rings is 1. The number of anilines is 1. The summed E-state index contributed by atoms with van der Waals surface area (Å²) in [5.74, 6) is 0.203. The first-order valence-corrected chi connectivity index (χ1v) is 5.65. The monoisotopic (exact) mass is 205 g/mol. The van der Waals surface area contributed by atoms with E-state index in [9.17, 15) is 4.79 Å². The Hall–Kier alpha value is -1.31. The minimum absolute atomic E-state index is 0.203. The van der Waals surface area contributed by atoms with Crippen LogP contribution in [-0.4, -0.2) is 12.3 Å². The fourth-order valence-electron chi connectivity index (χ4n) is 1.42. The lowest BCUT2D eigenvalue weighted by molar-refractivity contribution is 0.0988. The van der Waals surface area contributed by atoms with Crippen molar-refractivity contribution in [3.8, 4) is 0 Å². The van der Waals surface area contributed by atoms with Gasteiger partial charge >= 0.3 is 0 Å². The highest BCUT2D eigenvalue weighted by Gasteiger charge is 2.02. The van der Waals surface area contributed by atoms with Crippen molar-refractivity contribution in [2.75, 3.05) is 11.9 Å². The third-order valence-corrected chi connectivity index (χ3v) is 2.37. The molecule has 82 valence electrons. The van der Waals surface area contributed by atoms with Crippen molar-refractivity contribution >= 4 is 11.5 Å². The summed E-state index contributed by atoms with van der Waals surface area (Å²) in [6.07, 6.45) is 2.91. The Balaban J connectivity index is 2.62. The Labute approximate surface area is 91.7 Å². The van der Waals surface area contributed by atoms with Gasteiger partial charge in [-0.1, -0.05) is 32.4 Å². The summed E-state index contributed by atoms with van der Waals surface area (Å²) in [4.78, 5) is 11.5. The number of nitrogens with one attached hydrogen (secondary N) is 1. The van der Waals surface area contributed by atoms with E-state index in [2.05, 4.69) is 12.2 Å². The van der Waals surface area contributed by atoms with Crippen molar-refractivity contribution in [2.24, 2.45) is 0 Å². The second-order valence-electron chi connectivity index (χ2n) is 3.64. The molecule has 0 heterocycles. The third-order valence-electron chi connectivity index (χ3n) is 2.37. The summed E-state index contributed by atoms with van der Waals surface area (Å²) < 4.78 is 0. The Kier molecular flexibility index (Phi) is 4.88. The second kappa shape index (κ2) is 6.23. The molecule has 0 amide bonds. The van der Waals surface area contributed by atoms with Gasteiger partial charge < -0.3 is 5.32 Å². The van der Waals surface area contributed by atoms with Gasteiger partial charge in [0.2, 0.25) is 0 Å². The van der Waals surface area contributed by atoms with Crippen LogP contribution in [0.3, 0.4) is 0 Å². The molecule has 0 saturated heterocycles. The van der Waals surface area contributed by atoms with Crippen LogP contribution in [0.5, 0.6) is 0 Å². The van der Waals surface area contributed by atoms with Gasteiger partial charge in [0.25, 0.3) is 0 Å². The number of unbranched alkanes of at least 4 members (excludes halogenated alkanes) is 1. The SMILES string of the molecule is CCCCNc1cccc(C(=O)CC)c1. The second-order valence-corrected chi connectivity index (χ2v) is 3.64. The molecule has 2 nitrogen and oxygen atoms in total. The zero-order valence-electron chi connectivity index (χ0n) is 9.55. The molecule has 0 aromatic heterocycles. The Morgan fingerprint density at radius 1 is 1.33 bits per heavy atom. The molecule has 1 aromatic carbocycles. The minimum atomic E-state index is 0.203. The maximum Gasteiger partial charge on any atom is 0.162 e. The van der Waals surface area contributed by atoms with Crippen LogP contribution in [0.1, 0.15) is 43.5 Å². The molecule has 0 bridgehead atoms. The van der Waals surface area contributed by atoms with Crippen molar-refractivity contribution in [3.63, 3.8) is 0 Å². The molecule has 0 unspecified atom stereocenters. The van der Waals surface area contributed by atoms with Crippen LogP contribution in [0.4, 0.5) is 5.69 Å². The first kappa shape index (κ1) is 11.8. The van der Waals surface area contributed by atoms with Crippen molar-refractivity contribution in [1.82, 2.24) is 0 Å². The van der Waals surface area contributed by atoms with E-state index >= 15 is 0 Å². The highest BCUT2D eigenvalue weighted by atomic mass is 16.1. The predicted octanol–water partition coefficient (Wildman–Crippen LogP) is 3.49. The summed E-state index contributed by atoms with van der Waals surface area (Å²) in [5.41, 5.74) is 1.85. The summed E-state index contributed by atoms with van der Waals surface area (Å²) in [6.45, 7) is 5.03. The van der Waals surface area contributed by atoms with Gasteiger partial charge in [-0.25, -0.2) is 0 Å². The zero-order chi connectivity index (χ0) is 11.1. The van der Waals surface area contributed by atoms with E-state index in [1.54, 1.807) is 0 Å². The molecule has 0 spiro atoms. The first-order valence-electron chi connectivity index (χ1n) is 5.65. The fourth-order valence-corrected chi connectivity index (χ4v) is 1.42. The number of hydrogen-bond donors (Lipinski definition) is 1. The van der Waals surface area contributed by atoms with Crippen LogP contribution >= 0.6 is 0 Å². The lowest BCUT2D eigenvalue weighted by Crippen LogP contribution is -2.02. The summed E-state index contributed by atoms with van der Waals surface area (Å²) >= 11 is 0. The van der Waals surface area contributed by atoms with Gasteiger partial charge in [-0.05, 0) is 18.6 Å². The van der Waals surface area contributed by atoms with E-state index in [4.69, 9.17) is 0 Å². The molecule has 0 aliphatic heterocycles. The Bertz CT molecular complexity index is 320. The number of ketones is 1. The van der Waals surface area contributed by atoms with E-state index < -0.39 is 0 Å². The van der Waals surface area contributed by atoms with E-state index in [1.807, 2.05) is 31.2 Å². The third kappa shape index (κ3) is 3.74. The molecule has 0 aliphatic rings. The predicted molar refractivity (Wildman–Crippen MR) is 64.5 cm³/mol. The van der Waals surface area contributed by atoms with Gasteiger partial charge in [0, 0.05) is 24.2 Å². The molecule has 0 aliphatic carbocycles. The molecule has 1 N–H and O–H groups in total. The number of Topliss-reactive ketones (excluding diaryl/α,β-unsaturated/α-hetero) is 1. The molecule has 0 saturated carbocycles. The van der Waals surface area contributed by atoms with E-state index in [-0.39, 0.29) is 5.78 Å². The molecule has 15 heavy (non-hydrogen) atoms. The van der Waals surface area contributed by atoms with Gasteiger partial charge in [-0.15, -0.1) is 0 Å². The van der Waals surface area contributed by atoms with Gasteiger partial charge in [-0.3, -0.25) is 4.79 Å². The van der Waals surface area contributed by atoms with Crippen LogP contribution in [0, 0.1) is 0 Å². The Morgan fingerprint density at radius 3 is 2.80 bits per heavy atom. The van der Waals surface area contributed by atoms with Crippen molar-refractivity contribution in [3.05, 3.63) is 29.8 Å². The Morgan fingerprint density at radius 2 is 2.13 bits per heavy atom. The van der Waals surface area contributed by atoms with Gasteiger partial charge in [0.05, 0.1) is 0 Å². The smallest absolute Gasteiger partial charge is 0.162 e. The van der Waals surface area contributed by atoms with Crippen LogP contribution in [0.15, 0.2) is 24.3 Å².